The molecule has 8 nitrogen and oxygen atoms in total. The number of piperidine rings is 1. The molecule has 18 heavy (non-hydrogen) atoms. The number of nitrogen functional groups attached to an aromatic ring is 1. The van der Waals surface area contributed by atoms with Crippen molar-refractivity contribution in [2.75, 3.05) is 36.1 Å². The van der Waals surface area contributed by atoms with E-state index in [-0.39, 0.29) is 17.3 Å². The van der Waals surface area contributed by atoms with Gasteiger partial charge in [0.1, 0.15) is 0 Å². The molecule has 0 saturated carbocycles. The fourth-order valence-electron chi connectivity index (χ4n) is 2.05. The first-order valence-electron chi connectivity index (χ1n) is 5.88. The first-order chi connectivity index (χ1) is 8.63. The quantitative estimate of drug-likeness (QED) is 0.609. The first-order valence-corrected chi connectivity index (χ1v) is 5.88. The lowest BCUT2D eigenvalue weighted by Gasteiger charge is -2.26. The molecule has 8 heteroatoms. The lowest BCUT2D eigenvalue weighted by atomic mass is 10.1. The van der Waals surface area contributed by atoms with E-state index in [0.717, 1.165) is 25.9 Å². The first kappa shape index (κ1) is 12.3. The maximum absolute atomic E-state index is 10.9. The van der Waals surface area contributed by atoms with Gasteiger partial charge in [0.15, 0.2) is 0 Å². The van der Waals surface area contributed by atoms with Gasteiger partial charge in [0, 0.05) is 20.1 Å². The Bertz CT molecular complexity index is 458. The normalized spacial score (nSPS) is 15.5. The Balaban J connectivity index is 2.38. The third kappa shape index (κ3) is 2.27. The molecular formula is C10H16N6O2. The van der Waals surface area contributed by atoms with E-state index in [1.807, 2.05) is 4.90 Å². The number of anilines is 3. The second-order valence-corrected chi connectivity index (χ2v) is 4.16. The molecular weight excluding hydrogens is 236 g/mol. The van der Waals surface area contributed by atoms with Crippen molar-refractivity contribution in [1.82, 2.24) is 9.97 Å². The molecule has 0 aliphatic carbocycles. The summed E-state index contributed by atoms with van der Waals surface area (Å²) < 4.78 is 0. The predicted octanol–water partition coefficient (Wildman–Crippen LogP) is 0.999. The Morgan fingerprint density at radius 3 is 2.56 bits per heavy atom. The summed E-state index contributed by atoms with van der Waals surface area (Å²) >= 11 is 0. The Kier molecular flexibility index (Phi) is 3.45. The SMILES string of the molecule is CNc1nc(N2CCCCC2)nc(N)c1[N+](=O)[O-]. The number of aromatic nitrogens is 2. The third-order valence-electron chi connectivity index (χ3n) is 2.96. The van der Waals surface area contributed by atoms with Gasteiger partial charge in [-0.3, -0.25) is 10.1 Å². The van der Waals surface area contributed by atoms with E-state index in [4.69, 9.17) is 5.73 Å². The van der Waals surface area contributed by atoms with Crippen LogP contribution in [0.5, 0.6) is 0 Å². The zero-order valence-corrected chi connectivity index (χ0v) is 10.2. The van der Waals surface area contributed by atoms with Crippen LogP contribution in [0.3, 0.4) is 0 Å². The van der Waals surface area contributed by atoms with E-state index < -0.39 is 4.92 Å². The monoisotopic (exact) mass is 252 g/mol. The van der Waals surface area contributed by atoms with Crippen LogP contribution in [0.2, 0.25) is 0 Å². The molecule has 0 atom stereocenters. The van der Waals surface area contributed by atoms with Crippen molar-refractivity contribution in [3.8, 4) is 0 Å². The number of hydrogen-bond acceptors (Lipinski definition) is 7. The number of nitrogens with two attached hydrogens (primary N) is 1. The van der Waals surface area contributed by atoms with Crippen LogP contribution in [0.4, 0.5) is 23.3 Å². The van der Waals surface area contributed by atoms with Gasteiger partial charge in [-0.15, -0.1) is 0 Å². The van der Waals surface area contributed by atoms with Gasteiger partial charge >= 0.3 is 5.69 Å². The fourth-order valence-corrected chi connectivity index (χ4v) is 2.05. The molecule has 0 amide bonds. The fraction of sp³-hybridized carbons (Fsp3) is 0.600. The molecule has 0 unspecified atom stereocenters. The minimum atomic E-state index is -0.568. The maximum atomic E-state index is 10.9. The Hall–Kier alpha value is -2.12. The molecule has 0 spiro atoms. The van der Waals surface area contributed by atoms with E-state index in [2.05, 4.69) is 15.3 Å². The summed E-state index contributed by atoms with van der Waals surface area (Å²) in [6.07, 6.45) is 3.35. The van der Waals surface area contributed by atoms with Crippen LogP contribution in [-0.4, -0.2) is 35.0 Å². The Morgan fingerprint density at radius 1 is 1.33 bits per heavy atom. The summed E-state index contributed by atoms with van der Waals surface area (Å²) in [4.78, 5) is 20.5. The van der Waals surface area contributed by atoms with Crippen LogP contribution in [0.25, 0.3) is 0 Å². The minimum Gasteiger partial charge on any atom is -0.378 e. The molecule has 2 heterocycles. The van der Waals surface area contributed by atoms with E-state index in [1.165, 1.54) is 6.42 Å². The number of hydrogen-bond donors (Lipinski definition) is 2. The van der Waals surface area contributed by atoms with E-state index in [9.17, 15) is 10.1 Å². The van der Waals surface area contributed by atoms with Crippen molar-refractivity contribution in [3.05, 3.63) is 10.1 Å². The highest BCUT2D eigenvalue weighted by atomic mass is 16.6. The summed E-state index contributed by atoms with van der Waals surface area (Å²) in [5.74, 6) is 0.523. The van der Waals surface area contributed by atoms with Gasteiger partial charge in [-0.05, 0) is 19.3 Å². The lowest BCUT2D eigenvalue weighted by molar-refractivity contribution is -0.383. The molecule has 1 aromatic rings. The molecule has 0 bridgehead atoms. The topological polar surface area (TPSA) is 110 Å². The van der Waals surface area contributed by atoms with Crippen molar-refractivity contribution < 1.29 is 4.92 Å². The maximum Gasteiger partial charge on any atom is 0.353 e. The lowest BCUT2D eigenvalue weighted by Crippen LogP contribution is -2.31. The zero-order valence-electron chi connectivity index (χ0n) is 10.2. The van der Waals surface area contributed by atoms with Crippen LogP contribution in [-0.2, 0) is 0 Å². The molecule has 1 saturated heterocycles. The van der Waals surface area contributed by atoms with Crippen LogP contribution in [0.15, 0.2) is 0 Å². The van der Waals surface area contributed by atoms with Crippen LogP contribution < -0.4 is 16.0 Å². The van der Waals surface area contributed by atoms with Crippen LogP contribution in [0, 0.1) is 10.1 Å². The van der Waals surface area contributed by atoms with Crippen molar-refractivity contribution in [3.63, 3.8) is 0 Å². The van der Waals surface area contributed by atoms with Crippen molar-refractivity contribution in [2.24, 2.45) is 0 Å². The van der Waals surface area contributed by atoms with Crippen molar-refractivity contribution in [1.29, 1.82) is 0 Å². The molecule has 1 aromatic heterocycles. The number of nitrogens with zero attached hydrogens (tertiary/aromatic N) is 4. The Labute approximate surface area is 104 Å². The standard InChI is InChI=1S/C10H16N6O2/c1-12-9-7(16(17)18)8(11)13-10(14-9)15-5-3-2-4-6-15/h2-6H2,1H3,(H3,11,12,13,14). The third-order valence-corrected chi connectivity index (χ3v) is 2.96. The summed E-state index contributed by atoms with van der Waals surface area (Å²) in [6, 6.07) is 0. The minimum absolute atomic E-state index is 0.0973. The van der Waals surface area contributed by atoms with Crippen molar-refractivity contribution in [2.45, 2.75) is 19.3 Å². The smallest absolute Gasteiger partial charge is 0.353 e. The van der Waals surface area contributed by atoms with Gasteiger partial charge < -0.3 is 16.0 Å². The Morgan fingerprint density at radius 2 is 2.00 bits per heavy atom. The van der Waals surface area contributed by atoms with Gasteiger partial charge in [-0.2, -0.15) is 9.97 Å². The highest BCUT2D eigenvalue weighted by Crippen LogP contribution is 2.30. The van der Waals surface area contributed by atoms with Gasteiger partial charge in [0.25, 0.3) is 0 Å². The molecule has 0 aromatic carbocycles. The molecule has 1 aliphatic heterocycles. The van der Waals surface area contributed by atoms with Gasteiger partial charge in [0.2, 0.25) is 17.6 Å². The molecule has 1 aliphatic rings. The molecule has 3 N–H and O–H groups in total. The van der Waals surface area contributed by atoms with Crippen LogP contribution in [0.1, 0.15) is 19.3 Å². The summed E-state index contributed by atoms with van der Waals surface area (Å²) in [6.45, 7) is 1.72. The van der Waals surface area contributed by atoms with Crippen LogP contribution >= 0.6 is 0 Å². The van der Waals surface area contributed by atoms with E-state index in [1.54, 1.807) is 7.05 Å². The number of rotatable bonds is 3. The average molecular weight is 252 g/mol. The highest BCUT2D eigenvalue weighted by Gasteiger charge is 2.24. The van der Waals surface area contributed by atoms with E-state index >= 15 is 0 Å². The van der Waals surface area contributed by atoms with Gasteiger partial charge in [-0.25, -0.2) is 0 Å². The molecule has 98 valence electrons. The van der Waals surface area contributed by atoms with Gasteiger partial charge in [0.05, 0.1) is 4.92 Å². The van der Waals surface area contributed by atoms with E-state index in [0.29, 0.717) is 5.95 Å². The second kappa shape index (κ2) is 5.03. The largest absolute Gasteiger partial charge is 0.378 e. The van der Waals surface area contributed by atoms with Crippen molar-refractivity contribution >= 4 is 23.3 Å². The summed E-state index contributed by atoms with van der Waals surface area (Å²) in [5, 5.41) is 13.6. The predicted molar refractivity (Wildman–Crippen MR) is 68.7 cm³/mol. The highest BCUT2D eigenvalue weighted by molar-refractivity contribution is 5.69. The van der Waals surface area contributed by atoms with Gasteiger partial charge in [-0.1, -0.05) is 0 Å². The molecule has 2 rings (SSSR count). The summed E-state index contributed by atoms with van der Waals surface area (Å²) in [5.41, 5.74) is 5.38. The number of nitro groups is 1. The number of nitrogens with one attached hydrogen (secondary N) is 1. The molecule has 0 radical (unpaired) electrons. The second-order valence-electron chi connectivity index (χ2n) is 4.16. The average Bonchev–Trinajstić information content (AvgIpc) is 2.38. The zero-order chi connectivity index (χ0) is 13.1. The summed E-state index contributed by atoms with van der Waals surface area (Å²) in [7, 11) is 1.58. The molecule has 1 fully saturated rings.